The molecule has 0 rings (SSSR count). The van der Waals surface area contributed by atoms with Crippen LogP contribution in [-0.2, 0) is 74.4 Å². The van der Waals surface area contributed by atoms with E-state index in [9.17, 15) is 0 Å². The third-order valence-electron chi connectivity index (χ3n) is 0. The van der Waals surface area contributed by atoms with Crippen LogP contribution in [0.4, 0.5) is 0 Å². The Bertz CT molecular complexity index is 224. The third kappa shape index (κ3) is 770. The van der Waals surface area contributed by atoms with Crippen LogP contribution in [0.1, 0.15) is 0 Å². The van der Waals surface area contributed by atoms with Crippen LogP contribution in [0.3, 0.4) is 0 Å². The van der Waals surface area contributed by atoms with E-state index in [1.807, 2.05) is 0 Å². The van der Waals surface area contributed by atoms with Crippen molar-refractivity contribution in [1.29, 1.82) is 0 Å². The second kappa shape index (κ2) is 14.7. The van der Waals surface area contributed by atoms with Crippen LogP contribution in [-0.4, -0.2) is 35.0 Å². The zero-order valence-corrected chi connectivity index (χ0v) is 13.6. The summed E-state index contributed by atoms with van der Waals surface area (Å²) >= 11 is 0. The first kappa shape index (κ1) is 36.1. The Morgan fingerprint density at radius 3 is 0.714 bits per heavy atom. The van der Waals surface area contributed by atoms with Gasteiger partial charge in [-0.2, -0.15) is 16.8 Å². The monoisotopic (exact) mass is 414 g/mol. The predicted octanol–water partition coefficient (Wildman–Crippen LogP) is -0.891. The average molecular weight is 416 g/mol. The van der Waals surface area contributed by atoms with Gasteiger partial charge in [0.05, 0.1) is 0 Å². The molecular weight excluding hydrogens is 411 g/mol. The molecule has 0 aromatic rings. The van der Waals surface area contributed by atoms with Crippen LogP contribution < -0.4 is 0 Å². The molecule has 92 valence electrons. The molecule has 2 radical (unpaired) electrons. The SMILES string of the molecule is Cl.O=S(=O)(O)O.O=S(=O)(O)O.[Cu].[Mn].[Zn]. The van der Waals surface area contributed by atoms with E-state index in [-0.39, 0.29) is 66.0 Å². The molecule has 0 atom stereocenters. The maximum Gasteiger partial charge on any atom is 0.394 e. The average Bonchev–Trinajstić information content (AvgIpc) is 1.12. The first-order chi connectivity index (χ1) is 4.00. The van der Waals surface area contributed by atoms with Gasteiger partial charge in [-0.25, -0.2) is 0 Å². The summed E-state index contributed by atoms with van der Waals surface area (Å²) in [6.07, 6.45) is 0. The van der Waals surface area contributed by atoms with Gasteiger partial charge in [-0.15, -0.1) is 12.4 Å². The predicted molar refractivity (Wildman–Crippen MR) is 35.6 cm³/mol. The standard InChI is InChI=1S/ClH.Cu.Mn.2H2O4S.Zn/c;;;2*1-5(2,3)4;/h1H;;;2*(H2,1,2,3,4);. The molecule has 0 aliphatic heterocycles. The van der Waals surface area contributed by atoms with Gasteiger partial charge in [-0.3, -0.25) is 18.2 Å². The Hall–Kier alpha value is 1.69. The summed E-state index contributed by atoms with van der Waals surface area (Å²) in [5.41, 5.74) is 0. The molecular formula is H5ClCuMnO8S2Zn. The van der Waals surface area contributed by atoms with Crippen LogP contribution in [0.5, 0.6) is 0 Å². The molecule has 0 amide bonds. The minimum absolute atomic E-state index is 0. The molecule has 0 aromatic heterocycles. The summed E-state index contributed by atoms with van der Waals surface area (Å²) in [6.45, 7) is 0. The second-order valence-corrected chi connectivity index (χ2v) is 2.69. The zero-order valence-electron chi connectivity index (χ0n) is 6.03. The largest absolute Gasteiger partial charge is 0.394 e. The third-order valence-corrected chi connectivity index (χ3v) is 0. The van der Waals surface area contributed by atoms with Crippen molar-refractivity contribution in [2.75, 3.05) is 0 Å². The first-order valence-corrected chi connectivity index (χ1v) is 4.19. The molecule has 4 N–H and O–H groups in total. The van der Waals surface area contributed by atoms with E-state index in [1.165, 1.54) is 0 Å². The molecule has 0 bridgehead atoms. The first-order valence-electron chi connectivity index (χ1n) is 1.40. The van der Waals surface area contributed by atoms with Crippen LogP contribution in [0.15, 0.2) is 0 Å². The van der Waals surface area contributed by atoms with Crippen LogP contribution in [0, 0.1) is 0 Å². The Balaban J connectivity index is -0.0000000178. The number of rotatable bonds is 0. The van der Waals surface area contributed by atoms with Crippen molar-refractivity contribution in [3.05, 3.63) is 0 Å². The van der Waals surface area contributed by atoms with Crippen molar-refractivity contribution in [3.63, 3.8) is 0 Å². The zero-order chi connectivity index (χ0) is 9.00. The fourth-order valence-electron chi connectivity index (χ4n) is 0. The van der Waals surface area contributed by atoms with Crippen molar-refractivity contribution in [3.8, 4) is 0 Å². The van der Waals surface area contributed by atoms with E-state index in [0.29, 0.717) is 0 Å². The van der Waals surface area contributed by atoms with Gasteiger partial charge in [0, 0.05) is 53.6 Å². The van der Waals surface area contributed by atoms with Crippen LogP contribution >= 0.6 is 12.4 Å². The molecule has 0 saturated carbocycles. The maximum atomic E-state index is 8.74. The molecule has 0 aliphatic rings. The van der Waals surface area contributed by atoms with E-state index in [0.717, 1.165) is 0 Å². The van der Waals surface area contributed by atoms with Crippen molar-refractivity contribution in [2.24, 2.45) is 0 Å². The quantitative estimate of drug-likeness (QED) is 0.293. The Kier molecular flexibility index (Phi) is 37.8. The molecule has 0 aliphatic carbocycles. The number of hydrogen-bond donors (Lipinski definition) is 4. The fraction of sp³-hybridized carbons (Fsp3) is 0. The summed E-state index contributed by atoms with van der Waals surface area (Å²) in [7, 11) is -9.33. The number of hydrogen-bond acceptors (Lipinski definition) is 4. The summed E-state index contributed by atoms with van der Waals surface area (Å²) in [4.78, 5) is 0. The topological polar surface area (TPSA) is 149 Å². The van der Waals surface area contributed by atoms with E-state index in [2.05, 4.69) is 0 Å². The maximum absolute atomic E-state index is 8.74. The molecule has 8 nitrogen and oxygen atoms in total. The van der Waals surface area contributed by atoms with E-state index >= 15 is 0 Å². The van der Waals surface area contributed by atoms with Gasteiger partial charge in [0.25, 0.3) is 0 Å². The van der Waals surface area contributed by atoms with Crippen LogP contribution in [0.2, 0.25) is 0 Å². The van der Waals surface area contributed by atoms with Gasteiger partial charge in [-0.05, 0) is 0 Å². The molecule has 0 fully saturated rings. The van der Waals surface area contributed by atoms with E-state index < -0.39 is 20.8 Å². The summed E-state index contributed by atoms with van der Waals surface area (Å²) < 4.78 is 63.2. The summed E-state index contributed by atoms with van der Waals surface area (Å²) in [5.74, 6) is 0. The molecule has 0 aromatic carbocycles. The Labute approximate surface area is 121 Å². The molecule has 0 heterocycles. The minimum Gasteiger partial charge on any atom is -0.264 e. The van der Waals surface area contributed by atoms with Crippen molar-refractivity contribution in [2.45, 2.75) is 0 Å². The van der Waals surface area contributed by atoms with Gasteiger partial charge in [0.2, 0.25) is 0 Å². The van der Waals surface area contributed by atoms with E-state index in [1.54, 1.807) is 0 Å². The van der Waals surface area contributed by atoms with Gasteiger partial charge in [0.15, 0.2) is 0 Å². The van der Waals surface area contributed by atoms with Crippen molar-refractivity contribution >= 4 is 33.2 Å². The Morgan fingerprint density at radius 1 is 0.714 bits per heavy atom. The second-order valence-electron chi connectivity index (χ2n) is 0.896. The van der Waals surface area contributed by atoms with Crippen molar-refractivity contribution in [1.82, 2.24) is 0 Å². The summed E-state index contributed by atoms with van der Waals surface area (Å²) in [6, 6.07) is 0. The van der Waals surface area contributed by atoms with Gasteiger partial charge < -0.3 is 0 Å². The normalized spacial score (nSPS) is 8.29. The van der Waals surface area contributed by atoms with Crippen LogP contribution in [0.25, 0.3) is 0 Å². The smallest absolute Gasteiger partial charge is 0.264 e. The van der Waals surface area contributed by atoms with Crippen molar-refractivity contribution < 1.29 is 88.7 Å². The number of halogens is 1. The Morgan fingerprint density at radius 2 is 0.714 bits per heavy atom. The molecule has 0 unspecified atom stereocenters. The molecule has 0 saturated heterocycles. The van der Waals surface area contributed by atoms with Gasteiger partial charge in [0.1, 0.15) is 0 Å². The molecule has 0 spiro atoms. The van der Waals surface area contributed by atoms with Gasteiger partial charge >= 0.3 is 20.8 Å². The molecule has 14 heavy (non-hydrogen) atoms. The minimum atomic E-state index is -4.67. The molecule has 14 heteroatoms. The van der Waals surface area contributed by atoms with E-state index in [4.69, 9.17) is 35.0 Å². The fourth-order valence-corrected chi connectivity index (χ4v) is 0. The summed E-state index contributed by atoms with van der Waals surface area (Å²) in [5, 5.41) is 0. The van der Waals surface area contributed by atoms with Gasteiger partial charge in [-0.1, -0.05) is 0 Å².